The van der Waals surface area contributed by atoms with Crippen LogP contribution in [0.4, 0.5) is 0 Å². The molecule has 1 atom stereocenters. The van der Waals surface area contributed by atoms with E-state index < -0.39 is 6.49 Å². The Labute approximate surface area is 76.2 Å². The van der Waals surface area contributed by atoms with Gasteiger partial charge in [0.05, 0.1) is 0 Å². The van der Waals surface area contributed by atoms with Crippen LogP contribution in [-0.4, -0.2) is 6.16 Å². The maximum Gasteiger partial charge on any atom is 0.194 e. The van der Waals surface area contributed by atoms with Gasteiger partial charge in [-0.1, -0.05) is 11.6 Å². The molecule has 4 heteroatoms. The van der Waals surface area contributed by atoms with Crippen molar-refractivity contribution in [1.29, 1.82) is 0 Å². The molecule has 1 aliphatic rings. The van der Waals surface area contributed by atoms with E-state index in [2.05, 4.69) is 0 Å². The van der Waals surface area contributed by atoms with E-state index in [0.717, 1.165) is 11.1 Å². The summed E-state index contributed by atoms with van der Waals surface area (Å²) in [4.78, 5) is 0. The first-order valence-electron chi connectivity index (χ1n) is 3.26. The summed E-state index contributed by atoms with van der Waals surface area (Å²) in [7, 11) is 0. The Kier molecular flexibility index (Phi) is 2.53. The lowest BCUT2D eigenvalue weighted by Gasteiger charge is -2.15. The van der Waals surface area contributed by atoms with Gasteiger partial charge in [-0.3, -0.25) is 0 Å². The van der Waals surface area contributed by atoms with Crippen molar-refractivity contribution < 1.29 is 4.57 Å². The smallest absolute Gasteiger partial charge is 0.194 e. The first-order valence-corrected chi connectivity index (χ1v) is 6.50. The molecule has 1 heterocycles. The van der Waals surface area contributed by atoms with E-state index in [4.69, 9.17) is 22.8 Å². The minimum Gasteiger partial charge on any atom is -0.302 e. The molecule has 0 saturated carbocycles. The van der Waals surface area contributed by atoms with Crippen molar-refractivity contribution in [2.24, 2.45) is 0 Å². The quantitative estimate of drug-likeness (QED) is 0.554. The van der Waals surface area contributed by atoms with Crippen LogP contribution < -0.4 is 0 Å². The summed E-state index contributed by atoms with van der Waals surface area (Å²) >= 11 is 11.6. The van der Waals surface area contributed by atoms with Crippen LogP contribution in [0.5, 0.6) is 0 Å². The molecular formula is C7H9Cl2OP. The van der Waals surface area contributed by atoms with Crippen LogP contribution in [0.2, 0.25) is 0 Å². The van der Waals surface area contributed by atoms with Gasteiger partial charge in [0.2, 0.25) is 0 Å². The normalized spacial score (nSPS) is 32.2. The molecule has 0 spiro atoms. The van der Waals surface area contributed by atoms with E-state index in [0.29, 0.717) is 11.2 Å². The Morgan fingerprint density at radius 2 is 2.09 bits per heavy atom. The monoisotopic (exact) mass is 210 g/mol. The minimum absolute atomic E-state index is 0.407. The number of allylic oxidation sites excluding steroid dienone is 3. The summed E-state index contributed by atoms with van der Waals surface area (Å²) in [6, 6.07) is 0. The van der Waals surface area contributed by atoms with E-state index in [-0.39, 0.29) is 0 Å². The predicted molar refractivity (Wildman–Crippen MR) is 50.6 cm³/mol. The fourth-order valence-corrected chi connectivity index (χ4v) is 3.99. The van der Waals surface area contributed by atoms with E-state index in [1.807, 2.05) is 13.8 Å². The minimum atomic E-state index is -2.57. The van der Waals surface area contributed by atoms with Crippen molar-refractivity contribution in [3.63, 3.8) is 0 Å². The van der Waals surface area contributed by atoms with Crippen molar-refractivity contribution in [3.05, 3.63) is 22.0 Å². The van der Waals surface area contributed by atoms with Gasteiger partial charge in [-0.05, 0) is 42.1 Å². The largest absolute Gasteiger partial charge is 0.302 e. The number of rotatable bonds is 0. The molecule has 1 rings (SSSR count). The summed E-state index contributed by atoms with van der Waals surface area (Å²) in [5.74, 6) is 1.57. The second-order valence-corrected chi connectivity index (χ2v) is 6.84. The third-order valence-corrected chi connectivity index (χ3v) is 4.51. The van der Waals surface area contributed by atoms with E-state index in [9.17, 15) is 4.57 Å². The van der Waals surface area contributed by atoms with Gasteiger partial charge in [0, 0.05) is 11.2 Å². The highest BCUT2D eigenvalue weighted by Gasteiger charge is 2.23. The lowest BCUT2D eigenvalue weighted by atomic mass is 10.2. The fourth-order valence-electron chi connectivity index (χ4n) is 1.12. The molecule has 0 N–H and O–H groups in total. The van der Waals surface area contributed by atoms with Crippen molar-refractivity contribution in [1.82, 2.24) is 0 Å². The maximum absolute atomic E-state index is 11.4. The third-order valence-electron chi connectivity index (χ3n) is 1.56. The highest BCUT2D eigenvalue weighted by Crippen LogP contribution is 2.58. The Balaban J connectivity index is 3.11. The van der Waals surface area contributed by atoms with Crippen LogP contribution in [0.25, 0.3) is 0 Å². The first-order chi connectivity index (χ1) is 4.92. The molecule has 0 bridgehead atoms. The van der Waals surface area contributed by atoms with Crippen LogP contribution in [-0.2, 0) is 4.57 Å². The van der Waals surface area contributed by atoms with Crippen molar-refractivity contribution in [2.45, 2.75) is 13.8 Å². The zero-order chi connectivity index (χ0) is 8.65. The average molecular weight is 211 g/mol. The maximum atomic E-state index is 11.4. The molecule has 0 radical (unpaired) electrons. The van der Waals surface area contributed by atoms with E-state index in [1.165, 1.54) is 0 Å². The Hall–Kier alpha value is 0.290. The molecule has 0 aromatic heterocycles. The molecule has 0 fully saturated rings. The van der Waals surface area contributed by atoms with Gasteiger partial charge in [0.15, 0.2) is 6.49 Å². The first kappa shape index (κ1) is 9.38. The van der Waals surface area contributed by atoms with Gasteiger partial charge in [0.1, 0.15) is 0 Å². The standard InChI is InChI=1S/C7H9Cl2OP/c1-5-3-11(9,10)4-6(2)7(5)8/h3H,4H2,1-2H3. The SMILES string of the molecule is CC1=CP(=O)(Cl)CC(C)=C1Cl. The molecule has 62 valence electrons. The Morgan fingerprint density at radius 3 is 2.55 bits per heavy atom. The van der Waals surface area contributed by atoms with Gasteiger partial charge in [-0.2, -0.15) is 0 Å². The highest BCUT2D eigenvalue weighted by molar-refractivity contribution is 7.91. The Morgan fingerprint density at radius 1 is 1.55 bits per heavy atom. The van der Waals surface area contributed by atoms with Crippen molar-refractivity contribution >= 4 is 29.3 Å². The van der Waals surface area contributed by atoms with Gasteiger partial charge in [-0.15, -0.1) is 0 Å². The molecule has 11 heavy (non-hydrogen) atoms. The molecule has 1 nitrogen and oxygen atoms in total. The zero-order valence-electron chi connectivity index (χ0n) is 6.40. The molecule has 0 aromatic rings. The predicted octanol–water partition coefficient (Wildman–Crippen LogP) is 3.93. The van der Waals surface area contributed by atoms with Gasteiger partial charge >= 0.3 is 0 Å². The van der Waals surface area contributed by atoms with Crippen LogP contribution in [0.1, 0.15) is 13.8 Å². The van der Waals surface area contributed by atoms with Crippen molar-refractivity contribution in [2.75, 3.05) is 6.16 Å². The molecule has 0 aliphatic carbocycles. The number of hydrogen-bond acceptors (Lipinski definition) is 1. The molecule has 1 aliphatic heterocycles. The van der Waals surface area contributed by atoms with Crippen LogP contribution in [0, 0.1) is 0 Å². The van der Waals surface area contributed by atoms with Gasteiger partial charge in [-0.25, -0.2) is 0 Å². The van der Waals surface area contributed by atoms with E-state index >= 15 is 0 Å². The average Bonchev–Trinajstić information content (AvgIpc) is 1.81. The number of halogens is 2. The summed E-state index contributed by atoms with van der Waals surface area (Å²) in [6.45, 7) is 1.11. The lowest BCUT2D eigenvalue weighted by Crippen LogP contribution is -1.95. The number of hydrogen-bond donors (Lipinski definition) is 0. The fraction of sp³-hybridized carbons (Fsp3) is 0.429. The van der Waals surface area contributed by atoms with Gasteiger partial charge in [0.25, 0.3) is 0 Å². The van der Waals surface area contributed by atoms with E-state index in [1.54, 1.807) is 5.82 Å². The molecule has 0 saturated heterocycles. The highest BCUT2D eigenvalue weighted by atomic mass is 35.7. The molecule has 0 amide bonds. The van der Waals surface area contributed by atoms with Crippen LogP contribution in [0.3, 0.4) is 0 Å². The second-order valence-electron chi connectivity index (χ2n) is 2.77. The second kappa shape index (κ2) is 2.97. The molecule has 1 unspecified atom stereocenters. The summed E-state index contributed by atoms with van der Waals surface area (Å²) < 4.78 is 11.4. The molecular weight excluding hydrogens is 202 g/mol. The topological polar surface area (TPSA) is 17.1 Å². The summed E-state index contributed by atoms with van der Waals surface area (Å²) in [5.41, 5.74) is 1.75. The third kappa shape index (κ3) is 2.11. The summed E-state index contributed by atoms with van der Waals surface area (Å²) in [5, 5.41) is 0.706. The summed E-state index contributed by atoms with van der Waals surface area (Å²) in [6.07, 6.45) is 0.407. The molecule has 0 aromatic carbocycles. The van der Waals surface area contributed by atoms with Crippen LogP contribution >= 0.6 is 29.3 Å². The van der Waals surface area contributed by atoms with Crippen molar-refractivity contribution in [3.8, 4) is 0 Å². The van der Waals surface area contributed by atoms with Gasteiger partial charge < -0.3 is 4.57 Å². The lowest BCUT2D eigenvalue weighted by molar-refractivity contribution is 0.590. The Bertz CT molecular complexity index is 291. The zero-order valence-corrected chi connectivity index (χ0v) is 8.80. The van der Waals surface area contributed by atoms with Crippen LogP contribution in [0.15, 0.2) is 22.0 Å².